The van der Waals surface area contributed by atoms with E-state index in [2.05, 4.69) is 5.32 Å². The van der Waals surface area contributed by atoms with E-state index in [4.69, 9.17) is 0 Å². The van der Waals surface area contributed by atoms with E-state index >= 15 is 0 Å². The van der Waals surface area contributed by atoms with Crippen LogP contribution in [0.5, 0.6) is 0 Å². The summed E-state index contributed by atoms with van der Waals surface area (Å²) in [4.78, 5) is 15.0. The number of aliphatic hydroxyl groups is 1. The van der Waals surface area contributed by atoms with Gasteiger partial charge in [0.15, 0.2) is 0 Å². The molecule has 1 aliphatic carbocycles. The fourth-order valence-corrected chi connectivity index (χ4v) is 3.47. The number of nitrogens with one attached hydrogen (secondary N) is 1. The molecular formula is C15H26F3N3O2. The van der Waals surface area contributed by atoms with Crippen LogP contribution in [-0.4, -0.2) is 72.5 Å². The molecule has 0 unspecified atom stereocenters. The molecule has 0 aromatic carbocycles. The van der Waals surface area contributed by atoms with Crippen LogP contribution in [0.4, 0.5) is 18.0 Å². The van der Waals surface area contributed by atoms with Gasteiger partial charge in [0, 0.05) is 38.6 Å². The highest BCUT2D eigenvalue weighted by atomic mass is 19.4. The Morgan fingerprint density at radius 3 is 2.65 bits per heavy atom. The van der Waals surface area contributed by atoms with Crippen molar-refractivity contribution in [1.29, 1.82) is 0 Å². The van der Waals surface area contributed by atoms with Crippen molar-refractivity contribution >= 4 is 6.03 Å². The lowest BCUT2D eigenvalue weighted by Gasteiger charge is -2.31. The van der Waals surface area contributed by atoms with Crippen LogP contribution in [0.1, 0.15) is 32.1 Å². The van der Waals surface area contributed by atoms with Crippen molar-refractivity contribution in [2.75, 3.05) is 33.2 Å². The van der Waals surface area contributed by atoms with Gasteiger partial charge in [-0.15, -0.1) is 0 Å². The molecule has 2 rings (SSSR count). The minimum absolute atomic E-state index is 0.0878. The molecule has 2 aliphatic rings. The first kappa shape index (κ1) is 18.3. The second kappa shape index (κ2) is 7.70. The van der Waals surface area contributed by atoms with Gasteiger partial charge < -0.3 is 15.3 Å². The standard InChI is InChI=1S/C15H26F3N3O2/c1-20(8-11-4-2-3-5-13(11)22)14(23)19-12-6-7-21(9-12)10-15(16,17)18/h11-13,22H,2-10H2,1H3,(H,19,23)/t11-,12-,13-/m0/s1. The number of aliphatic hydroxyl groups excluding tert-OH is 1. The Morgan fingerprint density at radius 1 is 1.30 bits per heavy atom. The van der Waals surface area contributed by atoms with E-state index in [0.29, 0.717) is 19.5 Å². The van der Waals surface area contributed by atoms with Gasteiger partial charge in [-0.2, -0.15) is 13.2 Å². The van der Waals surface area contributed by atoms with Crippen molar-refractivity contribution in [2.24, 2.45) is 5.92 Å². The number of rotatable bonds is 4. The Hall–Kier alpha value is -1.02. The molecule has 23 heavy (non-hydrogen) atoms. The van der Waals surface area contributed by atoms with Gasteiger partial charge in [-0.1, -0.05) is 12.8 Å². The van der Waals surface area contributed by atoms with Crippen LogP contribution in [0, 0.1) is 5.92 Å². The number of carbonyl (C=O) groups excluding carboxylic acids is 1. The number of carbonyl (C=O) groups is 1. The van der Waals surface area contributed by atoms with Gasteiger partial charge in [0.1, 0.15) is 0 Å². The summed E-state index contributed by atoms with van der Waals surface area (Å²) in [7, 11) is 1.67. The predicted molar refractivity (Wildman–Crippen MR) is 80.0 cm³/mol. The molecule has 2 N–H and O–H groups in total. The lowest BCUT2D eigenvalue weighted by Crippen LogP contribution is -2.47. The van der Waals surface area contributed by atoms with Crippen molar-refractivity contribution in [3.63, 3.8) is 0 Å². The van der Waals surface area contributed by atoms with Gasteiger partial charge in [0.05, 0.1) is 12.6 Å². The first-order chi connectivity index (χ1) is 10.7. The maximum Gasteiger partial charge on any atom is 0.401 e. The molecular weight excluding hydrogens is 311 g/mol. The van der Waals surface area contributed by atoms with E-state index in [9.17, 15) is 23.1 Å². The molecule has 0 spiro atoms. The van der Waals surface area contributed by atoms with Crippen LogP contribution in [0.25, 0.3) is 0 Å². The summed E-state index contributed by atoms with van der Waals surface area (Å²) in [5.74, 6) is 0.0878. The topological polar surface area (TPSA) is 55.8 Å². The Kier molecular flexibility index (Phi) is 6.13. The number of alkyl halides is 3. The molecule has 1 heterocycles. The minimum Gasteiger partial charge on any atom is -0.393 e. The van der Waals surface area contributed by atoms with Gasteiger partial charge in [-0.05, 0) is 19.3 Å². The first-order valence-corrected chi connectivity index (χ1v) is 8.23. The highest BCUT2D eigenvalue weighted by Crippen LogP contribution is 2.25. The van der Waals surface area contributed by atoms with Gasteiger partial charge in [0.2, 0.25) is 0 Å². The van der Waals surface area contributed by atoms with Crippen molar-refractivity contribution in [3.05, 3.63) is 0 Å². The normalized spacial score (nSPS) is 29.5. The molecule has 0 aromatic heterocycles. The molecule has 1 saturated heterocycles. The summed E-state index contributed by atoms with van der Waals surface area (Å²) in [6.07, 6.45) is -0.282. The third-order valence-electron chi connectivity index (χ3n) is 4.73. The Labute approximate surface area is 134 Å². The fraction of sp³-hybridized carbons (Fsp3) is 0.933. The molecule has 0 radical (unpaired) electrons. The highest BCUT2D eigenvalue weighted by molar-refractivity contribution is 5.74. The summed E-state index contributed by atoms with van der Waals surface area (Å²) < 4.78 is 37.1. The highest BCUT2D eigenvalue weighted by Gasteiger charge is 2.35. The lowest BCUT2D eigenvalue weighted by molar-refractivity contribution is -0.143. The lowest BCUT2D eigenvalue weighted by atomic mass is 9.86. The molecule has 1 saturated carbocycles. The third kappa shape index (κ3) is 5.84. The molecule has 134 valence electrons. The summed E-state index contributed by atoms with van der Waals surface area (Å²) in [5, 5.41) is 12.8. The Balaban J connectivity index is 1.73. The monoisotopic (exact) mass is 337 g/mol. The van der Waals surface area contributed by atoms with Crippen molar-refractivity contribution < 1.29 is 23.1 Å². The number of urea groups is 1. The second-order valence-electron chi connectivity index (χ2n) is 6.78. The molecule has 5 nitrogen and oxygen atoms in total. The van der Waals surface area contributed by atoms with Crippen molar-refractivity contribution in [2.45, 2.75) is 50.4 Å². The van der Waals surface area contributed by atoms with Gasteiger partial charge in [0.25, 0.3) is 0 Å². The van der Waals surface area contributed by atoms with Crippen LogP contribution in [-0.2, 0) is 0 Å². The molecule has 2 fully saturated rings. The SMILES string of the molecule is CN(C[C@@H]1CCCC[C@@H]1O)C(=O)N[C@H]1CCN(CC(F)(F)F)C1. The molecule has 3 atom stereocenters. The Bertz CT molecular complexity index is 406. The third-order valence-corrected chi connectivity index (χ3v) is 4.73. The van der Waals surface area contributed by atoms with E-state index in [1.165, 1.54) is 9.80 Å². The largest absolute Gasteiger partial charge is 0.401 e. The number of amides is 2. The molecule has 0 aromatic rings. The average molecular weight is 337 g/mol. The fourth-order valence-electron chi connectivity index (χ4n) is 3.47. The average Bonchev–Trinajstić information content (AvgIpc) is 2.86. The van der Waals surface area contributed by atoms with Crippen molar-refractivity contribution in [3.8, 4) is 0 Å². The quantitative estimate of drug-likeness (QED) is 0.823. The van der Waals surface area contributed by atoms with Gasteiger partial charge in [-0.25, -0.2) is 4.79 Å². The number of nitrogens with zero attached hydrogens (tertiary/aromatic N) is 2. The van der Waals surface area contributed by atoms with E-state index in [1.807, 2.05) is 0 Å². The number of likely N-dealkylation sites (tertiary alicyclic amines) is 1. The number of halogens is 3. The summed E-state index contributed by atoms with van der Waals surface area (Å²) in [5.41, 5.74) is 0. The van der Waals surface area contributed by atoms with Crippen LogP contribution < -0.4 is 5.32 Å². The maximum atomic E-state index is 12.4. The molecule has 0 bridgehead atoms. The molecule has 8 heteroatoms. The second-order valence-corrected chi connectivity index (χ2v) is 6.78. The van der Waals surface area contributed by atoms with Crippen LogP contribution in [0.3, 0.4) is 0 Å². The van der Waals surface area contributed by atoms with Gasteiger partial charge in [-0.3, -0.25) is 4.90 Å². The zero-order valence-electron chi connectivity index (χ0n) is 13.5. The predicted octanol–water partition coefficient (Wildman–Crippen LogP) is 1.82. The summed E-state index contributed by atoms with van der Waals surface area (Å²) >= 11 is 0. The van der Waals surface area contributed by atoms with Crippen LogP contribution >= 0.6 is 0 Å². The Morgan fingerprint density at radius 2 is 2.00 bits per heavy atom. The zero-order valence-corrected chi connectivity index (χ0v) is 13.5. The number of hydrogen-bond donors (Lipinski definition) is 2. The van der Waals surface area contributed by atoms with E-state index in [-0.39, 0.29) is 30.6 Å². The van der Waals surface area contributed by atoms with Crippen molar-refractivity contribution in [1.82, 2.24) is 15.1 Å². The first-order valence-electron chi connectivity index (χ1n) is 8.23. The van der Waals surface area contributed by atoms with Crippen LogP contribution in [0.15, 0.2) is 0 Å². The zero-order chi connectivity index (χ0) is 17.0. The smallest absolute Gasteiger partial charge is 0.393 e. The van der Waals surface area contributed by atoms with Crippen LogP contribution in [0.2, 0.25) is 0 Å². The minimum atomic E-state index is -4.20. The molecule has 2 amide bonds. The number of hydrogen-bond acceptors (Lipinski definition) is 3. The summed E-state index contributed by atoms with van der Waals surface area (Å²) in [6, 6.07) is -0.523. The maximum absolute atomic E-state index is 12.4. The van der Waals surface area contributed by atoms with E-state index in [1.54, 1.807) is 7.05 Å². The van der Waals surface area contributed by atoms with E-state index in [0.717, 1.165) is 25.7 Å². The molecule has 1 aliphatic heterocycles. The van der Waals surface area contributed by atoms with Gasteiger partial charge >= 0.3 is 12.2 Å². The summed E-state index contributed by atoms with van der Waals surface area (Å²) in [6.45, 7) is 0.121. The van der Waals surface area contributed by atoms with E-state index < -0.39 is 12.7 Å².